The van der Waals surface area contributed by atoms with Crippen molar-refractivity contribution in [3.05, 3.63) is 40.9 Å². The zero-order chi connectivity index (χ0) is 13.7. The van der Waals surface area contributed by atoms with E-state index in [-0.39, 0.29) is 11.8 Å². The van der Waals surface area contributed by atoms with Crippen LogP contribution in [0, 0.1) is 17.8 Å². The van der Waals surface area contributed by atoms with Crippen LogP contribution < -0.4 is 5.32 Å². The van der Waals surface area contributed by atoms with Crippen LogP contribution in [0.5, 0.6) is 0 Å². The molecule has 4 rings (SSSR count). The van der Waals surface area contributed by atoms with Gasteiger partial charge in [0.05, 0.1) is 0 Å². The number of nitrogens with one attached hydrogen (secondary N) is 1. The van der Waals surface area contributed by atoms with Gasteiger partial charge in [-0.15, -0.1) is 0 Å². The highest BCUT2D eigenvalue weighted by atomic mass is 79.9. The molecule has 1 amide bonds. The van der Waals surface area contributed by atoms with Gasteiger partial charge in [-0.05, 0) is 42.2 Å². The van der Waals surface area contributed by atoms with E-state index in [0.29, 0.717) is 11.8 Å². The summed E-state index contributed by atoms with van der Waals surface area (Å²) in [4.78, 5) is 12.4. The molecule has 2 nitrogen and oxygen atoms in total. The van der Waals surface area contributed by atoms with Crippen LogP contribution in [0.2, 0.25) is 0 Å². The Balaban J connectivity index is 1.63. The van der Waals surface area contributed by atoms with Gasteiger partial charge in [0, 0.05) is 21.5 Å². The molecule has 102 valence electrons. The van der Waals surface area contributed by atoms with Crippen molar-refractivity contribution in [3.8, 4) is 0 Å². The Labute approximate surface area is 126 Å². The molecule has 2 atom stereocenters. The SMILES string of the molecule is O=C(Nc1ccc(Br)c2ccccc12)C1C2CCCC21. The normalized spacial score (nSPS) is 27.4. The maximum absolute atomic E-state index is 12.4. The molecule has 2 aliphatic carbocycles. The number of benzene rings is 2. The molecule has 20 heavy (non-hydrogen) atoms. The average molecular weight is 330 g/mol. The van der Waals surface area contributed by atoms with Gasteiger partial charge in [0.25, 0.3) is 0 Å². The number of halogens is 1. The second-order valence-electron chi connectivity index (χ2n) is 5.91. The van der Waals surface area contributed by atoms with E-state index in [1.807, 2.05) is 24.3 Å². The molecule has 0 aliphatic heterocycles. The van der Waals surface area contributed by atoms with E-state index in [0.717, 1.165) is 20.9 Å². The molecule has 0 spiro atoms. The highest BCUT2D eigenvalue weighted by molar-refractivity contribution is 9.10. The number of anilines is 1. The molecule has 0 heterocycles. The maximum Gasteiger partial charge on any atom is 0.228 e. The fraction of sp³-hybridized carbons (Fsp3) is 0.353. The number of hydrogen-bond donors (Lipinski definition) is 1. The Morgan fingerprint density at radius 2 is 1.75 bits per heavy atom. The summed E-state index contributed by atoms with van der Waals surface area (Å²) in [5.74, 6) is 1.81. The minimum Gasteiger partial charge on any atom is -0.325 e. The summed E-state index contributed by atoms with van der Waals surface area (Å²) in [6, 6.07) is 12.2. The van der Waals surface area contributed by atoms with E-state index < -0.39 is 0 Å². The molecule has 2 unspecified atom stereocenters. The highest BCUT2D eigenvalue weighted by Gasteiger charge is 2.56. The summed E-state index contributed by atoms with van der Waals surface area (Å²) in [5.41, 5.74) is 0.929. The molecule has 2 aliphatic rings. The maximum atomic E-state index is 12.4. The van der Waals surface area contributed by atoms with Crippen LogP contribution in [0.1, 0.15) is 19.3 Å². The fourth-order valence-electron chi connectivity index (χ4n) is 3.80. The lowest BCUT2D eigenvalue weighted by Gasteiger charge is -2.11. The number of amides is 1. The Kier molecular flexibility index (Phi) is 2.84. The standard InChI is InChI=1S/C17H16BrNO/c18-14-8-9-15(11-5-2-1-4-10(11)14)19-17(20)16-12-6-3-7-13(12)16/h1-2,4-5,8-9,12-13,16H,3,6-7H2,(H,19,20). The Morgan fingerprint density at radius 3 is 2.50 bits per heavy atom. The monoisotopic (exact) mass is 329 g/mol. The highest BCUT2D eigenvalue weighted by Crippen LogP contribution is 2.57. The van der Waals surface area contributed by atoms with E-state index >= 15 is 0 Å². The van der Waals surface area contributed by atoms with Crippen molar-refractivity contribution in [3.63, 3.8) is 0 Å². The quantitative estimate of drug-likeness (QED) is 0.857. The van der Waals surface area contributed by atoms with Crippen LogP contribution in [0.15, 0.2) is 40.9 Å². The van der Waals surface area contributed by atoms with Crippen molar-refractivity contribution >= 4 is 38.3 Å². The summed E-state index contributed by atoms with van der Waals surface area (Å²) in [6.07, 6.45) is 3.79. The van der Waals surface area contributed by atoms with Crippen LogP contribution in [-0.4, -0.2) is 5.91 Å². The van der Waals surface area contributed by atoms with Gasteiger partial charge in [-0.2, -0.15) is 0 Å². The zero-order valence-corrected chi connectivity index (χ0v) is 12.7. The van der Waals surface area contributed by atoms with Gasteiger partial charge in [0.1, 0.15) is 0 Å². The van der Waals surface area contributed by atoms with Crippen molar-refractivity contribution in [2.45, 2.75) is 19.3 Å². The second kappa shape index (κ2) is 4.59. The van der Waals surface area contributed by atoms with Crippen molar-refractivity contribution in [1.29, 1.82) is 0 Å². The lowest BCUT2D eigenvalue weighted by atomic mass is 10.1. The third-order valence-corrected chi connectivity index (χ3v) is 5.53. The predicted octanol–water partition coefficient (Wildman–Crippen LogP) is 4.59. The van der Waals surface area contributed by atoms with Crippen molar-refractivity contribution in [2.75, 3.05) is 5.32 Å². The van der Waals surface area contributed by atoms with Crippen molar-refractivity contribution < 1.29 is 4.79 Å². The van der Waals surface area contributed by atoms with Crippen LogP contribution in [0.4, 0.5) is 5.69 Å². The molecule has 2 fully saturated rings. The molecule has 1 N–H and O–H groups in total. The number of carbonyl (C=O) groups is 1. The number of rotatable bonds is 2. The van der Waals surface area contributed by atoms with Crippen LogP contribution >= 0.6 is 15.9 Å². The average Bonchev–Trinajstić information content (AvgIpc) is 2.96. The van der Waals surface area contributed by atoms with Crippen molar-refractivity contribution in [2.24, 2.45) is 17.8 Å². The summed E-state index contributed by atoms with van der Waals surface area (Å²) in [7, 11) is 0. The van der Waals surface area contributed by atoms with Gasteiger partial charge in [0.2, 0.25) is 5.91 Å². The molecule has 0 bridgehead atoms. The minimum absolute atomic E-state index is 0.215. The van der Waals surface area contributed by atoms with Crippen LogP contribution in [0.3, 0.4) is 0 Å². The van der Waals surface area contributed by atoms with E-state index in [1.165, 1.54) is 19.3 Å². The molecule has 0 saturated heterocycles. The minimum atomic E-state index is 0.215. The first-order chi connectivity index (χ1) is 9.75. The lowest BCUT2D eigenvalue weighted by Crippen LogP contribution is -2.16. The molecule has 2 saturated carbocycles. The molecular formula is C17H16BrNO. The molecule has 0 aromatic heterocycles. The molecule has 0 radical (unpaired) electrons. The molecule has 2 aromatic rings. The Morgan fingerprint density at radius 1 is 1.05 bits per heavy atom. The Bertz CT molecular complexity index is 686. The largest absolute Gasteiger partial charge is 0.325 e. The smallest absolute Gasteiger partial charge is 0.228 e. The first kappa shape index (κ1) is 12.4. The molecular weight excluding hydrogens is 314 g/mol. The van der Waals surface area contributed by atoms with E-state index in [1.54, 1.807) is 0 Å². The zero-order valence-electron chi connectivity index (χ0n) is 11.1. The van der Waals surface area contributed by atoms with Crippen LogP contribution in [-0.2, 0) is 4.79 Å². The summed E-state index contributed by atoms with van der Waals surface area (Å²) in [5, 5.41) is 5.38. The fourth-order valence-corrected chi connectivity index (χ4v) is 4.28. The second-order valence-corrected chi connectivity index (χ2v) is 6.77. The summed E-state index contributed by atoms with van der Waals surface area (Å²) >= 11 is 3.57. The van der Waals surface area contributed by atoms with Crippen molar-refractivity contribution in [1.82, 2.24) is 0 Å². The van der Waals surface area contributed by atoms with E-state index in [4.69, 9.17) is 0 Å². The van der Waals surface area contributed by atoms with Gasteiger partial charge in [-0.1, -0.05) is 46.6 Å². The van der Waals surface area contributed by atoms with E-state index in [9.17, 15) is 4.79 Å². The van der Waals surface area contributed by atoms with Gasteiger partial charge in [0.15, 0.2) is 0 Å². The van der Waals surface area contributed by atoms with Gasteiger partial charge >= 0.3 is 0 Å². The third-order valence-electron chi connectivity index (χ3n) is 4.84. The topological polar surface area (TPSA) is 29.1 Å². The summed E-state index contributed by atoms with van der Waals surface area (Å²) < 4.78 is 1.06. The number of fused-ring (bicyclic) bond motifs is 2. The lowest BCUT2D eigenvalue weighted by molar-refractivity contribution is -0.118. The third kappa shape index (κ3) is 1.87. The predicted molar refractivity (Wildman–Crippen MR) is 84.6 cm³/mol. The van der Waals surface area contributed by atoms with E-state index in [2.05, 4.69) is 33.4 Å². The number of hydrogen-bond acceptors (Lipinski definition) is 1. The summed E-state index contributed by atoms with van der Waals surface area (Å²) in [6.45, 7) is 0. The van der Waals surface area contributed by atoms with Crippen LogP contribution in [0.25, 0.3) is 10.8 Å². The first-order valence-corrected chi connectivity index (χ1v) is 8.03. The molecule has 3 heteroatoms. The Hall–Kier alpha value is -1.35. The van der Waals surface area contributed by atoms with Gasteiger partial charge in [-0.3, -0.25) is 4.79 Å². The number of carbonyl (C=O) groups excluding carboxylic acids is 1. The van der Waals surface area contributed by atoms with Gasteiger partial charge < -0.3 is 5.32 Å². The van der Waals surface area contributed by atoms with Gasteiger partial charge in [-0.25, -0.2) is 0 Å². The molecule has 2 aromatic carbocycles. The first-order valence-electron chi connectivity index (χ1n) is 7.24.